The summed E-state index contributed by atoms with van der Waals surface area (Å²) in [4.78, 5) is 4.71. The van der Waals surface area contributed by atoms with Crippen LogP contribution in [0.5, 0.6) is 0 Å². The van der Waals surface area contributed by atoms with Crippen LogP contribution in [-0.2, 0) is 0 Å². The Bertz CT molecular complexity index is 2390. The number of nitrogens with zero attached hydrogens (tertiary/aromatic N) is 2. The van der Waals surface area contributed by atoms with Gasteiger partial charge in [0, 0.05) is 34.1 Å². The largest absolute Gasteiger partial charge is 0.310 e. The summed E-state index contributed by atoms with van der Waals surface area (Å²) in [5.74, 6) is 0. The molecule has 0 N–H and O–H groups in total. The lowest BCUT2D eigenvalue weighted by atomic mass is 10.0. The fraction of sp³-hybridized carbons (Fsp3) is 0.148. The number of hydrogen-bond donors (Lipinski definition) is 0. The third kappa shape index (κ3) is 8.61. The first-order valence-electron chi connectivity index (χ1n) is 19.6. The molecule has 0 aliphatic carbocycles. The van der Waals surface area contributed by atoms with Crippen molar-refractivity contribution in [1.82, 2.24) is 0 Å². The standard InChI is InChI=1S/C54H52N2/c1-37-11-9-13-49(31-37)55(51-27-15-39(3)41(5)33-51)53-29-25-47(43(7)35-53)23-21-45-17-19-46(20-18-45)22-24-48-26-30-54(36-44(48)8)56(50-14-10-12-38(2)32-50)52-28-16-40(4)42(6)34-52/h9-36H,1-8H3/b23-21+,24-22+. The number of hydrogen-bond acceptors (Lipinski definition) is 2. The second kappa shape index (κ2) is 16.6. The zero-order valence-corrected chi connectivity index (χ0v) is 34.1. The van der Waals surface area contributed by atoms with E-state index < -0.39 is 0 Å². The minimum Gasteiger partial charge on any atom is -0.310 e. The van der Waals surface area contributed by atoms with Gasteiger partial charge in [0.25, 0.3) is 0 Å². The molecule has 7 aromatic rings. The summed E-state index contributed by atoms with van der Waals surface area (Å²) in [6.07, 6.45) is 8.85. The van der Waals surface area contributed by atoms with Gasteiger partial charge in [-0.1, -0.05) is 97.1 Å². The molecule has 0 aliphatic rings. The van der Waals surface area contributed by atoms with E-state index in [0.29, 0.717) is 0 Å². The lowest BCUT2D eigenvalue weighted by Gasteiger charge is -2.27. The highest BCUT2D eigenvalue weighted by Crippen LogP contribution is 2.38. The minimum absolute atomic E-state index is 1.15. The first-order chi connectivity index (χ1) is 27.0. The van der Waals surface area contributed by atoms with E-state index in [4.69, 9.17) is 0 Å². The van der Waals surface area contributed by atoms with Crippen LogP contribution >= 0.6 is 0 Å². The van der Waals surface area contributed by atoms with Gasteiger partial charge in [0.05, 0.1) is 0 Å². The Morgan fingerprint density at radius 2 is 0.625 bits per heavy atom. The highest BCUT2D eigenvalue weighted by atomic mass is 15.1. The van der Waals surface area contributed by atoms with E-state index in [0.717, 1.165) is 22.7 Å². The van der Waals surface area contributed by atoms with Gasteiger partial charge in [-0.3, -0.25) is 0 Å². The van der Waals surface area contributed by atoms with Crippen molar-refractivity contribution in [2.75, 3.05) is 9.80 Å². The van der Waals surface area contributed by atoms with Crippen molar-refractivity contribution >= 4 is 58.4 Å². The lowest BCUT2D eigenvalue weighted by molar-refractivity contribution is 1.23. The Balaban J connectivity index is 1.07. The third-order valence-electron chi connectivity index (χ3n) is 10.9. The zero-order chi connectivity index (χ0) is 39.3. The maximum absolute atomic E-state index is 2.36. The molecule has 0 fully saturated rings. The molecule has 0 saturated heterocycles. The van der Waals surface area contributed by atoms with Gasteiger partial charge in [-0.2, -0.15) is 0 Å². The van der Waals surface area contributed by atoms with E-state index in [9.17, 15) is 0 Å². The highest BCUT2D eigenvalue weighted by molar-refractivity contribution is 5.82. The number of benzene rings is 7. The molecule has 0 spiro atoms. The average Bonchev–Trinajstić information content (AvgIpc) is 3.18. The molecule has 0 aliphatic heterocycles. The van der Waals surface area contributed by atoms with Gasteiger partial charge in [0.1, 0.15) is 0 Å². The predicted octanol–water partition coefficient (Wildman–Crippen LogP) is 15.4. The molecule has 2 nitrogen and oxygen atoms in total. The fourth-order valence-electron chi connectivity index (χ4n) is 7.22. The van der Waals surface area contributed by atoms with Crippen molar-refractivity contribution in [3.05, 3.63) is 212 Å². The second-order valence-electron chi connectivity index (χ2n) is 15.3. The molecule has 0 saturated carbocycles. The van der Waals surface area contributed by atoms with Gasteiger partial charge in [-0.05, 0) is 195 Å². The van der Waals surface area contributed by atoms with Crippen LogP contribution in [0.15, 0.2) is 146 Å². The van der Waals surface area contributed by atoms with E-state index >= 15 is 0 Å². The quantitative estimate of drug-likeness (QED) is 0.129. The van der Waals surface area contributed by atoms with Crippen LogP contribution in [0.4, 0.5) is 34.1 Å². The van der Waals surface area contributed by atoms with Crippen LogP contribution in [0.3, 0.4) is 0 Å². The van der Waals surface area contributed by atoms with E-state index in [1.54, 1.807) is 0 Å². The Hall–Kier alpha value is -6.38. The Labute approximate surface area is 334 Å². The molecule has 7 rings (SSSR count). The molecule has 0 amide bonds. The summed E-state index contributed by atoms with van der Waals surface area (Å²) in [6.45, 7) is 17.4. The van der Waals surface area contributed by atoms with Gasteiger partial charge < -0.3 is 9.80 Å². The summed E-state index contributed by atoms with van der Waals surface area (Å²) in [5.41, 5.74) is 21.9. The molecule has 0 aromatic heterocycles. The minimum atomic E-state index is 1.15. The summed E-state index contributed by atoms with van der Waals surface area (Å²) >= 11 is 0. The average molecular weight is 729 g/mol. The van der Waals surface area contributed by atoms with Gasteiger partial charge >= 0.3 is 0 Å². The Kier molecular flexibility index (Phi) is 11.2. The van der Waals surface area contributed by atoms with E-state index in [-0.39, 0.29) is 0 Å². The van der Waals surface area contributed by atoms with Crippen LogP contribution < -0.4 is 9.80 Å². The maximum atomic E-state index is 2.36. The van der Waals surface area contributed by atoms with Crippen LogP contribution in [0.1, 0.15) is 66.8 Å². The van der Waals surface area contributed by atoms with E-state index in [1.807, 2.05) is 0 Å². The molecule has 0 heterocycles. The monoisotopic (exact) mass is 728 g/mol. The summed E-state index contributed by atoms with van der Waals surface area (Å²) < 4.78 is 0. The normalized spacial score (nSPS) is 11.4. The van der Waals surface area contributed by atoms with Crippen molar-refractivity contribution in [2.45, 2.75) is 55.4 Å². The van der Waals surface area contributed by atoms with Gasteiger partial charge in [-0.15, -0.1) is 0 Å². The van der Waals surface area contributed by atoms with Crippen LogP contribution in [0.25, 0.3) is 24.3 Å². The number of rotatable bonds is 10. The van der Waals surface area contributed by atoms with Crippen molar-refractivity contribution in [1.29, 1.82) is 0 Å². The molecule has 278 valence electrons. The van der Waals surface area contributed by atoms with E-state index in [2.05, 4.69) is 235 Å². The molecule has 7 aromatic carbocycles. The molecular weight excluding hydrogens is 677 g/mol. The van der Waals surface area contributed by atoms with Crippen molar-refractivity contribution in [3.63, 3.8) is 0 Å². The molecule has 0 radical (unpaired) electrons. The molecule has 56 heavy (non-hydrogen) atoms. The van der Waals surface area contributed by atoms with E-state index in [1.165, 1.54) is 78.1 Å². The second-order valence-corrected chi connectivity index (χ2v) is 15.3. The van der Waals surface area contributed by atoms with Crippen molar-refractivity contribution in [2.24, 2.45) is 0 Å². The third-order valence-corrected chi connectivity index (χ3v) is 10.9. The fourth-order valence-corrected chi connectivity index (χ4v) is 7.22. The number of anilines is 6. The first kappa shape index (κ1) is 37.9. The Morgan fingerprint density at radius 1 is 0.286 bits per heavy atom. The van der Waals surface area contributed by atoms with Gasteiger partial charge in [0.2, 0.25) is 0 Å². The maximum Gasteiger partial charge on any atom is 0.0464 e. The summed E-state index contributed by atoms with van der Waals surface area (Å²) in [7, 11) is 0. The molecule has 0 unspecified atom stereocenters. The van der Waals surface area contributed by atoms with Crippen molar-refractivity contribution in [3.8, 4) is 0 Å². The summed E-state index contributed by atoms with van der Waals surface area (Å²) in [5, 5.41) is 0. The topological polar surface area (TPSA) is 6.48 Å². The van der Waals surface area contributed by atoms with Gasteiger partial charge in [0.15, 0.2) is 0 Å². The van der Waals surface area contributed by atoms with Gasteiger partial charge in [-0.25, -0.2) is 0 Å². The van der Waals surface area contributed by atoms with Crippen LogP contribution in [0, 0.1) is 55.4 Å². The molecule has 0 bridgehead atoms. The summed E-state index contributed by atoms with van der Waals surface area (Å²) in [6, 6.07) is 53.2. The van der Waals surface area contributed by atoms with Crippen molar-refractivity contribution < 1.29 is 0 Å². The predicted molar refractivity (Wildman–Crippen MR) is 244 cm³/mol. The SMILES string of the molecule is Cc1cccc(N(c2ccc(C)c(C)c2)c2ccc(/C=C/c3ccc(/C=C/c4ccc(N(c5cccc(C)c5)c5ccc(C)c(C)c5)cc4C)cc3)c(C)c2)c1. The lowest BCUT2D eigenvalue weighted by Crippen LogP contribution is -2.11. The number of aryl methyl sites for hydroxylation is 8. The molecule has 0 atom stereocenters. The Morgan fingerprint density at radius 3 is 0.964 bits per heavy atom. The molecular formula is C54H52N2. The smallest absolute Gasteiger partial charge is 0.0464 e. The highest BCUT2D eigenvalue weighted by Gasteiger charge is 2.16. The zero-order valence-electron chi connectivity index (χ0n) is 34.1. The van der Waals surface area contributed by atoms with Crippen LogP contribution in [-0.4, -0.2) is 0 Å². The molecule has 2 heteroatoms. The van der Waals surface area contributed by atoms with Crippen LogP contribution in [0.2, 0.25) is 0 Å². The first-order valence-corrected chi connectivity index (χ1v) is 19.6.